The maximum Gasteiger partial charge on any atom is 0.264 e. The van der Waals surface area contributed by atoms with Crippen molar-refractivity contribution in [2.45, 2.75) is 16.3 Å². The van der Waals surface area contributed by atoms with Crippen LogP contribution in [0.1, 0.15) is 15.9 Å². The van der Waals surface area contributed by atoms with Crippen LogP contribution in [0, 0.1) is 0 Å². The molecule has 0 heterocycles. The standard InChI is InChI=1S/C23H24N2O3S2/c1-24(17-18-9-15-21(29-3)16-10-18)23(26)19-11-13-20(14-12-19)25(2)30(27,28)22-7-5-4-6-8-22/h4-16H,17H2,1-3H3. The summed E-state index contributed by atoms with van der Waals surface area (Å²) < 4.78 is 26.7. The second kappa shape index (κ2) is 9.36. The molecule has 0 saturated carbocycles. The number of sulfonamides is 1. The number of amides is 1. The smallest absolute Gasteiger partial charge is 0.264 e. The zero-order valence-electron chi connectivity index (χ0n) is 17.1. The molecule has 0 fully saturated rings. The fraction of sp³-hybridized carbons (Fsp3) is 0.174. The van der Waals surface area contributed by atoms with Gasteiger partial charge in [0.15, 0.2) is 0 Å². The van der Waals surface area contributed by atoms with E-state index in [2.05, 4.69) is 0 Å². The number of anilines is 1. The van der Waals surface area contributed by atoms with Gasteiger partial charge in [-0.3, -0.25) is 9.10 Å². The molecule has 30 heavy (non-hydrogen) atoms. The van der Waals surface area contributed by atoms with Gasteiger partial charge in [0.25, 0.3) is 15.9 Å². The second-order valence-corrected chi connectivity index (χ2v) is 9.69. The molecule has 7 heteroatoms. The summed E-state index contributed by atoms with van der Waals surface area (Å²) in [5.41, 5.74) is 2.05. The summed E-state index contributed by atoms with van der Waals surface area (Å²) in [6.07, 6.45) is 2.02. The fourth-order valence-corrected chi connectivity index (χ4v) is 4.63. The molecule has 0 N–H and O–H groups in total. The van der Waals surface area contributed by atoms with Crippen LogP contribution in [-0.4, -0.2) is 39.6 Å². The average Bonchev–Trinajstić information content (AvgIpc) is 2.79. The number of carbonyl (C=O) groups excluding carboxylic acids is 1. The molecule has 0 unspecified atom stereocenters. The van der Waals surface area contributed by atoms with Crippen molar-refractivity contribution in [2.24, 2.45) is 0 Å². The predicted octanol–water partition coefficient (Wildman–Crippen LogP) is 4.51. The van der Waals surface area contributed by atoms with Crippen LogP contribution < -0.4 is 4.31 Å². The van der Waals surface area contributed by atoms with Crippen molar-refractivity contribution in [1.29, 1.82) is 0 Å². The number of carbonyl (C=O) groups is 1. The van der Waals surface area contributed by atoms with E-state index in [1.165, 1.54) is 16.2 Å². The van der Waals surface area contributed by atoms with Gasteiger partial charge in [0, 0.05) is 31.1 Å². The van der Waals surface area contributed by atoms with Crippen LogP contribution in [0.25, 0.3) is 0 Å². The quantitative estimate of drug-likeness (QED) is 0.508. The van der Waals surface area contributed by atoms with E-state index in [4.69, 9.17) is 0 Å². The Bertz CT molecular complexity index is 1100. The molecule has 3 aromatic carbocycles. The van der Waals surface area contributed by atoms with E-state index >= 15 is 0 Å². The molecule has 0 saturated heterocycles. The van der Waals surface area contributed by atoms with Gasteiger partial charge in [-0.15, -0.1) is 11.8 Å². The van der Waals surface area contributed by atoms with Crippen molar-refractivity contribution in [3.63, 3.8) is 0 Å². The number of rotatable bonds is 7. The van der Waals surface area contributed by atoms with Crippen LogP contribution in [0.15, 0.2) is 88.7 Å². The first kappa shape index (κ1) is 21.9. The molecule has 5 nitrogen and oxygen atoms in total. The van der Waals surface area contributed by atoms with Gasteiger partial charge < -0.3 is 4.90 Å². The SMILES string of the molecule is CSc1ccc(CN(C)C(=O)c2ccc(N(C)S(=O)(=O)c3ccccc3)cc2)cc1. The lowest BCUT2D eigenvalue weighted by atomic mass is 10.1. The van der Waals surface area contributed by atoms with E-state index in [1.807, 2.05) is 30.5 Å². The summed E-state index contributed by atoms with van der Waals surface area (Å²) in [5, 5.41) is 0. The van der Waals surface area contributed by atoms with E-state index in [0.29, 0.717) is 17.8 Å². The predicted molar refractivity (Wildman–Crippen MR) is 122 cm³/mol. The van der Waals surface area contributed by atoms with Gasteiger partial charge >= 0.3 is 0 Å². The maximum atomic E-state index is 12.8. The van der Waals surface area contributed by atoms with Crippen LogP contribution in [0.4, 0.5) is 5.69 Å². The molecule has 0 bridgehead atoms. The topological polar surface area (TPSA) is 57.7 Å². The molecule has 156 valence electrons. The van der Waals surface area contributed by atoms with Gasteiger partial charge in [0.05, 0.1) is 10.6 Å². The normalized spacial score (nSPS) is 11.2. The van der Waals surface area contributed by atoms with Gasteiger partial charge in [-0.05, 0) is 60.4 Å². The highest BCUT2D eigenvalue weighted by Gasteiger charge is 2.21. The lowest BCUT2D eigenvalue weighted by Crippen LogP contribution is -2.27. The Hall–Kier alpha value is -2.77. The first-order chi connectivity index (χ1) is 14.3. The summed E-state index contributed by atoms with van der Waals surface area (Å²) in [4.78, 5) is 15.8. The molecule has 0 aliphatic carbocycles. The molecular formula is C23H24N2O3S2. The van der Waals surface area contributed by atoms with Crippen LogP contribution in [0.3, 0.4) is 0 Å². The van der Waals surface area contributed by atoms with Gasteiger partial charge in [-0.1, -0.05) is 30.3 Å². The molecule has 0 spiro atoms. The maximum absolute atomic E-state index is 12.8. The Morgan fingerprint density at radius 3 is 2.03 bits per heavy atom. The van der Waals surface area contributed by atoms with Gasteiger partial charge in [0.1, 0.15) is 0 Å². The molecule has 0 aliphatic rings. The molecule has 0 atom stereocenters. The number of hydrogen-bond acceptors (Lipinski definition) is 4. The number of benzene rings is 3. The van der Waals surface area contributed by atoms with Crippen molar-refractivity contribution >= 4 is 33.4 Å². The minimum atomic E-state index is -3.65. The largest absolute Gasteiger partial charge is 0.337 e. The lowest BCUT2D eigenvalue weighted by molar-refractivity contribution is 0.0785. The molecule has 3 aromatic rings. The summed E-state index contributed by atoms with van der Waals surface area (Å²) in [7, 11) is -0.394. The second-order valence-electron chi connectivity index (χ2n) is 6.84. The van der Waals surface area contributed by atoms with Crippen molar-refractivity contribution in [3.8, 4) is 0 Å². The monoisotopic (exact) mass is 440 g/mol. The summed E-state index contributed by atoms with van der Waals surface area (Å²) >= 11 is 1.68. The fourth-order valence-electron chi connectivity index (χ4n) is 3.00. The van der Waals surface area contributed by atoms with E-state index in [1.54, 1.807) is 78.3 Å². The van der Waals surface area contributed by atoms with Crippen molar-refractivity contribution in [2.75, 3.05) is 24.7 Å². The summed E-state index contributed by atoms with van der Waals surface area (Å²) in [6.45, 7) is 0.498. The van der Waals surface area contributed by atoms with E-state index in [9.17, 15) is 13.2 Å². The Kier molecular flexibility index (Phi) is 6.84. The van der Waals surface area contributed by atoms with E-state index in [-0.39, 0.29) is 10.8 Å². The van der Waals surface area contributed by atoms with Crippen LogP contribution in [0.2, 0.25) is 0 Å². The first-order valence-corrected chi connectivity index (χ1v) is 12.0. The molecule has 0 aliphatic heterocycles. The Morgan fingerprint density at radius 2 is 1.47 bits per heavy atom. The van der Waals surface area contributed by atoms with Gasteiger partial charge in [-0.25, -0.2) is 8.42 Å². The summed E-state index contributed by atoms with van der Waals surface area (Å²) in [5.74, 6) is -0.121. The zero-order chi connectivity index (χ0) is 21.7. The highest BCUT2D eigenvalue weighted by molar-refractivity contribution is 7.98. The third-order valence-electron chi connectivity index (χ3n) is 4.80. The molecule has 1 amide bonds. The van der Waals surface area contributed by atoms with Gasteiger partial charge in [-0.2, -0.15) is 0 Å². The number of nitrogens with zero attached hydrogens (tertiary/aromatic N) is 2. The number of hydrogen-bond donors (Lipinski definition) is 0. The Labute approximate surface area is 182 Å². The van der Waals surface area contributed by atoms with E-state index in [0.717, 1.165) is 5.56 Å². The van der Waals surface area contributed by atoms with Gasteiger partial charge in [0.2, 0.25) is 0 Å². The molecular weight excluding hydrogens is 416 g/mol. The highest BCUT2D eigenvalue weighted by Crippen LogP contribution is 2.23. The van der Waals surface area contributed by atoms with E-state index < -0.39 is 10.0 Å². The lowest BCUT2D eigenvalue weighted by Gasteiger charge is -2.21. The minimum absolute atomic E-state index is 0.121. The number of thioether (sulfide) groups is 1. The zero-order valence-corrected chi connectivity index (χ0v) is 18.8. The Balaban J connectivity index is 1.71. The minimum Gasteiger partial charge on any atom is -0.337 e. The van der Waals surface area contributed by atoms with Crippen LogP contribution >= 0.6 is 11.8 Å². The molecule has 0 aromatic heterocycles. The molecule has 3 rings (SSSR count). The average molecular weight is 441 g/mol. The highest BCUT2D eigenvalue weighted by atomic mass is 32.2. The van der Waals surface area contributed by atoms with Crippen LogP contribution in [0.5, 0.6) is 0 Å². The molecule has 0 radical (unpaired) electrons. The third-order valence-corrected chi connectivity index (χ3v) is 7.35. The van der Waals surface area contributed by atoms with Crippen LogP contribution in [-0.2, 0) is 16.6 Å². The Morgan fingerprint density at radius 1 is 0.867 bits per heavy atom. The van der Waals surface area contributed by atoms with Crippen molar-refractivity contribution < 1.29 is 13.2 Å². The summed E-state index contributed by atoms with van der Waals surface area (Å²) in [6, 6.07) is 23.0. The van der Waals surface area contributed by atoms with Crippen molar-refractivity contribution in [3.05, 3.63) is 90.0 Å². The third kappa shape index (κ3) is 4.86. The van der Waals surface area contributed by atoms with Crippen molar-refractivity contribution in [1.82, 2.24) is 4.90 Å². The first-order valence-electron chi connectivity index (χ1n) is 9.35.